The SMILES string of the molecule is CNC(c1cccc(I)c1)c1ccccc1C. The third kappa shape index (κ3) is 2.87. The van der Waals surface area contributed by atoms with Gasteiger partial charge in [-0.1, -0.05) is 36.4 Å². The maximum Gasteiger partial charge on any atom is 0.0577 e. The van der Waals surface area contributed by atoms with Gasteiger partial charge in [-0.05, 0) is 65.4 Å². The third-order valence-electron chi connectivity index (χ3n) is 2.97. The van der Waals surface area contributed by atoms with Crippen LogP contribution in [0.1, 0.15) is 22.7 Å². The Bertz CT molecular complexity index is 508. The predicted molar refractivity (Wildman–Crippen MR) is 81.2 cm³/mol. The lowest BCUT2D eigenvalue weighted by Gasteiger charge is -2.19. The minimum absolute atomic E-state index is 0.269. The molecule has 0 spiro atoms. The van der Waals surface area contributed by atoms with Crippen molar-refractivity contribution in [2.24, 2.45) is 0 Å². The quantitative estimate of drug-likeness (QED) is 0.838. The molecule has 1 nitrogen and oxygen atoms in total. The zero-order chi connectivity index (χ0) is 12.3. The van der Waals surface area contributed by atoms with Gasteiger partial charge in [0.05, 0.1) is 6.04 Å². The molecule has 0 aromatic heterocycles. The van der Waals surface area contributed by atoms with E-state index in [1.807, 2.05) is 7.05 Å². The molecule has 0 aliphatic rings. The second-order valence-corrected chi connectivity index (χ2v) is 5.38. The molecule has 1 atom stereocenters. The maximum absolute atomic E-state index is 3.40. The number of rotatable bonds is 3. The van der Waals surface area contributed by atoms with Crippen LogP contribution in [0.4, 0.5) is 0 Å². The highest BCUT2D eigenvalue weighted by Crippen LogP contribution is 2.25. The van der Waals surface area contributed by atoms with Gasteiger partial charge in [0.2, 0.25) is 0 Å². The highest BCUT2D eigenvalue weighted by Gasteiger charge is 2.13. The Hall–Kier alpha value is -0.870. The molecule has 0 bridgehead atoms. The van der Waals surface area contributed by atoms with Crippen LogP contribution in [0.3, 0.4) is 0 Å². The van der Waals surface area contributed by atoms with Crippen molar-refractivity contribution in [3.8, 4) is 0 Å². The van der Waals surface area contributed by atoms with E-state index in [2.05, 4.69) is 83.4 Å². The zero-order valence-electron chi connectivity index (χ0n) is 10.1. The van der Waals surface area contributed by atoms with E-state index in [-0.39, 0.29) is 6.04 Å². The van der Waals surface area contributed by atoms with Crippen molar-refractivity contribution >= 4 is 22.6 Å². The number of nitrogens with one attached hydrogen (secondary N) is 1. The van der Waals surface area contributed by atoms with E-state index in [9.17, 15) is 0 Å². The van der Waals surface area contributed by atoms with Gasteiger partial charge in [-0.25, -0.2) is 0 Å². The van der Waals surface area contributed by atoms with Crippen LogP contribution in [0.2, 0.25) is 0 Å². The highest BCUT2D eigenvalue weighted by atomic mass is 127. The standard InChI is InChI=1S/C15H16IN/c1-11-6-3-4-9-14(11)15(17-2)12-7-5-8-13(16)10-12/h3-10,15,17H,1-2H3. The molecule has 17 heavy (non-hydrogen) atoms. The molecule has 0 saturated carbocycles. The Labute approximate surface area is 116 Å². The number of benzene rings is 2. The van der Waals surface area contributed by atoms with Crippen molar-refractivity contribution in [2.45, 2.75) is 13.0 Å². The first-order chi connectivity index (χ1) is 8.22. The van der Waals surface area contributed by atoms with Crippen molar-refractivity contribution in [1.29, 1.82) is 0 Å². The van der Waals surface area contributed by atoms with E-state index in [1.54, 1.807) is 0 Å². The molecule has 0 radical (unpaired) electrons. The zero-order valence-corrected chi connectivity index (χ0v) is 12.2. The van der Waals surface area contributed by atoms with Gasteiger partial charge in [-0.15, -0.1) is 0 Å². The lowest BCUT2D eigenvalue weighted by Crippen LogP contribution is -2.18. The molecule has 0 aliphatic carbocycles. The number of hydrogen-bond donors (Lipinski definition) is 1. The molecule has 2 heteroatoms. The molecule has 2 aromatic rings. The molecule has 0 aliphatic heterocycles. The van der Waals surface area contributed by atoms with Gasteiger partial charge in [0.15, 0.2) is 0 Å². The summed E-state index contributed by atoms with van der Waals surface area (Å²) >= 11 is 2.36. The van der Waals surface area contributed by atoms with Crippen LogP contribution in [0, 0.1) is 10.5 Å². The smallest absolute Gasteiger partial charge is 0.0577 e. The normalized spacial score (nSPS) is 12.4. The van der Waals surface area contributed by atoms with Crippen molar-refractivity contribution < 1.29 is 0 Å². The van der Waals surface area contributed by atoms with Crippen LogP contribution in [-0.4, -0.2) is 7.05 Å². The van der Waals surface area contributed by atoms with E-state index in [0.29, 0.717) is 0 Å². The largest absolute Gasteiger partial charge is 0.309 e. The first kappa shape index (κ1) is 12.6. The van der Waals surface area contributed by atoms with Gasteiger partial charge in [0.1, 0.15) is 0 Å². The van der Waals surface area contributed by atoms with Crippen LogP contribution < -0.4 is 5.32 Å². The maximum atomic E-state index is 3.40. The number of halogens is 1. The summed E-state index contributed by atoms with van der Waals surface area (Å²) in [6.07, 6.45) is 0. The Morgan fingerprint density at radius 1 is 1.06 bits per heavy atom. The van der Waals surface area contributed by atoms with E-state index in [4.69, 9.17) is 0 Å². The summed E-state index contributed by atoms with van der Waals surface area (Å²) in [6.45, 7) is 2.16. The summed E-state index contributed by atoms with van der Waals surface area (Å²) in [6, 6.07) is 17.4. The Morgan fingerprint density at radius 3 is 2.47 bits per heavy atom. The predicted octanol–water partition coefficient (Wildman–Crippen LogP) is 3.91. The lowest BCUT2D eigenvalue weighted by atomic mass is 9.95. The van der Waals surface area contributed by atoms with Gasteiger partial charge >= 0.3 is 0 Å². The fourth-order valence-electron chi connectivity index (χ4n) is 2.10. The van der Waals surface area contributed by atoms with Crippen molar-refractivity contribution in [1.82, 2.24) is 5.32 Å². The van der Waals surface area contributed by atoms with Gasteiger partial charge in [-0.2, -0.15) is 0 Å². The fourth-order valence-corrected chi connectivity index (χ4v) is 2.67. The summed E-state index contributed by atoms with van der Waals surface area (Å²) < 4.78 is 1.27. The van der Waals surface area contributed by atoms with Crippen LogP contribution in [-0.2, 0) is 0 Å². The number of aryl methyl sites for hydroxylation is 1. The summed E-state index contributed by atoms with van der Waals surface area (Å²) in [5.41, 5.74) is 3.98. The molecule has 0 fully saturated rings. The summed E-state index contributed by atoms with van der Waals surface area (Å²) in [7, 11) is 2.01. The fraction of sp³-hybridized carbons (Fsp3) is 0.200. The van der Waals surface area contributed by atoms with E-state index in [1.165, 1.54) is 20.3 Å². The first-order valence-corrected chi connectivity index (χ1v) is 6.78. The van der Waals surface area contributed by atoms with Crippen molar-refractivity contribution in [3.63, 3.8) is 0 Å². The van der Waals surface area contributed by atoms with Crippen LogP contribution in [0.15, 0.2) is 48.5 Å². The highest BCUT2D eigenvalue weighted by molar-refractivity contribution is 14.1. The molecule has 1 unspecified atom stereocenters. The number of hydrogen-bond acceptors (Lipinski definition) is 1. The molecular weight excluding hydrogens is 321 g/mol. The lowest BCUT2D eigenvalue weighted by molar-refractivity contribution is 0.687. The Kier molecular flexibility index (Phi) is 4.18. The van der Waals surface area contributed by atoms with Crippen molar-refractivity contribution in [2.75, 3.05) is 7.05 Å². The monoisotopic (exact) mass is 337 g/mol. The van der Waals surface area contributed by atoms with Gasteiger partial charge in [-0.3, -0.25) is 0 Å². The Balaban J connectivity index is 2.44. The molecule has 88 valence electrons. The Morgan fingerprint density at radius 2 is 1.82 bits per heavy atom. The molecule has 1 N–H and O–H groups in total. The van der Waals surface area contributed by atoms with Crippen LogP contribution in [0.25, 0.3) is 0 Å². The molecule has 0 heterocycles. The second kappa shape index (κ2) is 5.65. The second-order valence-electron chi connectivity index (χ2n) is 4.13. The average molecular weight is 337 g/mol. The van der Waals surface area contributed by atoms with Crippen molar-refractivity contribution in [3.05, 3.63) is 68.8 Å². The van der Waals surface area contributed by atoms with E-state index < -0.39 is 0 Å². The summed E-state index contributed by atoms with van der Waals surface area (Å²) in [4.78, 5) is 0. The average Bonchev–Trinajstić information content (AvgIpc) is 2.33. The van der Waals surface area contributed by atoms with Crippen LogP contribution >= 0.6 is 22.6 Å². The first-order valence-electron chi connectivity index (χ1n) is 5.70. The van der Waals surface area contributed by atoms with Crippen LogP contribution in [0.5, 0.6) is 0 Å². The topological polar surface area (TPSA) is 12.0 Å². The van der Waals surface area contributed by atoms with E-state index >= 15 is 0 Å². The molecule has 2 rings (SSSR count). The molecule has 0 amide bonds. The van der Waals surface area contributed by atoms with Gasteiger partial charge in [0, 0.05) is 3.57 Å². The molecule has 0 saturated heterocycles. The van der Waals surface area contributed by atoms with Gasteiger partial charge < -0.3 is 5.32 Å². The summed E-state index contributed by atoms with van der Waals surface area (Å²) in [5, 5.41) is 3.40. The van der Waals surface area contributed by atoms with Gasteiger partial charge in [0.25, 0.3) is 0 Å². The third-order valence-corrected chi connectivity index (χ3v) is 3.64. The molecule has 2 aromatic carbocycles. The summed E-state index contributed by atoms with van der Waals surface area (Å²) in [5.74, 6) is 0. The minimum Gasteiger partial charge on any atom is -0.309 e. The minimum atomic E-state index is 0.269. The molecular formula is C15H16IN. The van der Waals surface area contributed by atoms with E-state index in [0.717, 1.165) is 0 Å².